The summed E-state index contributed by atoms with van der Waals surface area (Å²) in [6.45, 7) is 0.473. The Balaban J connectivity index is 1.39. The van der Waals surface area contributed by atoms with E-state index in [2.05, 4.69) is 22.5 Å². The van der Waals surface area contributed by atoms with Crippen LogP contribution in [0, 0.1) is 11.8 Å². The molecule has 0 aromatic heterocycles. The van der Waals surface area contributed by atoms with Gasteiger partial charge in [-0.1, -0.05) is 43.2 Å². The van der Waals surface area contributed by atoms with E-state index in [0.29, 0.717) is 18.5 Å². The molecule has 5 atom stereocenters. The van der Waals surface area contributed by atoms with Gasteiger partial charge in [0.15, 0.2) is 12.6 Å². The molecule has 2 bridgehead atoms. The smallest absolute Gasteiger partial charge is 0.244 e. The van der Waals surface area contributed by atoms with Crippen LogP contribution >= 0.6 is 0 Å². The lowest BCUT2D eigenvalue weighted by Gasteiger charge is -2.44. The maximum Gasteiger partial charge on any atom is 0.244 e. The molecule has 7 nitrogen and oxygen atoms in total. The zero-order valence-corrected chi connectivity index (χ0v) is 18.1. The fourth-order valence-electron chi connectivity index (χ4n) is 5.07. The SMILES string of the molecule is NC(=O)C1C=C2CN1/C=C/N=COC1=CC\1=C/C=C/C=C/C1CC3CCCCC3NC1O2. The second-order valence-corrected chi connectivity index (χ2v) is 8.98. The first-order valence-electron chi connectivity index (χ1n) is 11.5. The minimum Gasteiger partial charge on any atom is -0.477 e. The van der Waals surface area contributed by atoms with Gasteiger partial charge in [0.1, 0.15) is 17.6 Å². The standard InChI is InChI=1S/C25H30N4O3/c26-24(30)22-14-20-15-29(22)11-10-27-16-31-23-13-18(23)7-2-1-3-8-19-12-17-6-4-5-9-21(17)28-25(19)32-20/h1-3,7-8,10-11,13-14,16-17,19,21-22,25,28H,4-6,9,12,15H2,(H2,26,30)/b2-1+,8-3+,11-10+,18-7+,27-16?. The van der Waals surface area contributed by atoms with E-state index in [9.17, 15) is 4.79 Å². The molecule has 0 aromatic rings. The Labute approximate surface area is 188 Å². The minimum absolute atomic E-state index is 0.122. The van der Waals surface area contributed by atoms with Gasteiger partial charge in [0, 0.05) is 29.9 Å². The number of rotatable bonds is 1. The molecule has 3 aliphatic heterocycles. The minimum atomic E-state index is -0.553. The van der Waals surface area contributed by atoms with Crippen molar-refractivity contribution in [3.63, 3.8) is 0 Å². The normalized spacial score (nSPS) is 38.4. The van der Waals surface area contributed by atoms with E-state index in [1.165, 1.54) is 32.1 Å². The lowest BCUT2D eigenvalue weighted by molar-refractivity contribution is -0.120. The molecule has 32 heavy (non-hydrogen) atoms. The summed E-state index contributed by atoms with van der Waals surface area (Å²) in [5.41, 5.74) is 6.69. The number of nitrogens with zero attached hydrogens (tertiary/aromatic N) is 2. The first-order chi connectivity index (χ1) is 15.7. The van der Waals surface area contributed by atoms with E-state index in [1.807, 2.05) is 35.3 Å². The summed E-state index contributed by atoms with van der Waals surface area (Å²) >= 11 is 0. The van der Waals surface area contributed by atoms with Crippen molar-refractivity contribution in [2.24, 2.45) is 22.6 Å². The Kier molecular flexibility index (Phi) is 5.99. The molecule has 1 saturated carbocycles. The van der Waals surface area contributed by atoms with Gasteiger partial charge in [-0.05, 0) is 37.3 Å². The molecule has 5 rings (SSSR count). The number of nitrogens with one attached hydrogen (secondary N) is 1. The zero-order chi connectivity index (χ0) is 21.9. The molecule has 0 radical (unpaired) electrons. The van der Waals surface area contributed by atoms with Crippen molar-refractivity contribution in [3.05, 3.63) is 72.0 Å². The van der Waals surface area contributed by atoms with Crippen molar-refractivity contribution >= 4 is 12.3 Å². The number of allylic oxidation sites excluding steroid dienone is 6. The van der Waals surface area contributed by atoms with Gasteiger partial charge in [0.25, 0.3) is 0 Å². The second kappa shape index (κ2) is 9.20. The van der Waals surface area contributed by atoms with Crippen LogP contribution < -0.4 is 11.1 Å². The Hall–Kier alpha value is -3.06. The van der Waals surface area contributed by atoms with E-state index in [4.69, 9.17) is 15.2 Å². The summed E-state index contributed by atoms with van der Waals surface area (Å²) in [6, 6.07) is -0.0572. The van der Waals surface area contributed by atoms with Gasteiger partial charge in [-0.15, -0.1) is 0 Å². The van der Waals surface area contributed by atoms with Crippen LogP contribution in [0.3, 0.4) is 0 Å². The number of aliphatic imine (C=N–C) groups is 1. The monoisotopic (exact) mass is 434 g/mol. The first kappa shape index (κ1) is 20.8. The molecule has 3 heterocycles. The lowest BCUT2D eigenvalue weighted by atomic mass is 9.75. The molecule has 3 N–H and O–H groups in total. The van der Waals surface area contributed by atoms with Crippen LogP contribution in [0.15, 0.2) is 77.0 Å². The third-order valence-corrected chi connectivity index (χ3v) is 6.79. The molecule has 168 valence electrons. The molecule has 1 saturated heterocycles. The number of fused-ring (bicyclic) bond motifs is 5. The lowest BCUT2D eigenvalue weighted by Crippen LogP contribution is -2.54. The fourth-order valence-corrected chi connectivity index (χ4v) is 5.07. The number of primary amides is 1. The molecule has 0 spiro atoms. The molecular formula is C25H30N4O3. The second-order valence-electron chi connectivity index (χ2n) is 8.98. The van der Waals surface area contributed by atoms with Gasteiger partial charge in [-0.2, -0.15) is 0 Å². The van der Waals surface area contributed by atoms with Crippen molar-refractivity contribution in [2.45, 2.75) is 50.4 Å². The largest absolute Gasteiger partial charge is 0.477 e. The summed E-state index contributed by atoms with van der Waals surface area (Å²) in [4.78, 5) is 18.0. The van der Waals surface area contributed by atoms with Crippen molar-refractivity contribution < 1.29 is 14.3 Å². The van der Waals surface area contributed by atoms with Gasteiger partial charge in [0.2, 0.25) is 5.91 Å². The number of carbonyl (C=O) groups is 1. The predicted octanol–water partition coefficient (Wildman–Crippen LogP) is 3.02. The Morgan fingerprint density at radius 1 is 1.22 bits per heavy atom. The summed E-state index contributed by atoms with van der Waals surface area (Å²) in [6.07, 6.45) is 25.0. The van der Waals surface area contributed by atoms with Crippen LogP contribution in [0.1, 0.15) is 32.1 Å². The maximum atomic E-state index is 12.0. The fraction of sp³-hybridized carbons (Fsp3) is 0.440. The summed E-state index contributed by atoms with van der Waals surface area (Å²) < 4.78 is 11.9. The predicted molar refractivity (Wildman–Crippen MR) is 123 cm³/mol. The molecule has 2 fully saturated rings. The average molecular weight is 435 g/mol. The number of nitrogens with two attached hydrogens (primary N) is 1. The molecule has 5 aliphatic rings. The van der Waals surface area contributed by atoms with Crippen molar-refractivity contribution in [1.82, 2.24) is 10.2 Å². The Bertz CT molecular complexity index is 958. The number of hydrogen-bond acceptors (Lipinski definition) is 6. The zero-order valence-electron chi connectivity index (χ0n) is 18.1. The van der Waals surface area contributed by atoms with Crippen LogP contribution in [-0.2, 0) is 14.3 Å². The van der Waals surface area contributed by atoms with Crippen LogP contribution in [-0.4, -0.2) is 42.1 Å². The van der Waals surface area contributed by atoms with E-state index < -0.39 is 11.9 Å². The van der Waals surface area contributed by atoms with Crippen LogP contribution in [0.4, 0.5) is 0 Å². The molecule has 1 amide bonds. The van der Waals surface area contributed by atoms with Crippen LogP contribution in [0.2, 0.25) is 0 Å². The molecular weight excluding hydrogens is 404 g/mol. The highest BCUT2D eigenvalue weighted by molar-refractivity contribution is 5.82. The maximum absolute atomic E-state index is 12.0. The summed E-state index contributed by atoms with van der Waals surface area (Å²) in [5.74, 6) is 2.10. The Morgan fingerprint density at radius 2 is 2.12 bits per heavy atom. The molecule has 2 aliphatic carbocycles. The topological polar surface area (TPSA) is 89.2 Å². The van der Waals surface area contributed by atoms with Crippen molar-refractivity contribution in [2.75, 3.05) is 6.54 Å². The highest BCUT2D eigenvalue weighted by Crippen LogP contribution is 2.37. The number of amides is 1. The van der Waals surface area contributed by atoms with Crippen molar-refractivity contribution in [3.8, 4) is 0 Å². The van der Waals surface area contributed by atoms with Gasteiger partial charge in [-0.3, -0.25) is 10.1 Å². The molecule has 0 aromatic carbocycles. The van der Waals surface area contributed by atoms with Crippen molar-refractivity contribution in [1.29, 1.82) is 0 Å². The van der Waals surface area contributed by atoms with E-state index in [-0.39, 0.29) is 12.1 Å². The third kappa shape index (κ3) is 4.72. The number of piperidine rings is 1. The highest BCUT2D eigenvalue weighted by Gasteiger charge is 2.39. The van der Waals surface area contributed by atoms with E-state index in [0.717, 1.165) is 23.5 Å². The third-order valence-electron chi connectivity index (χ3n) is 6.79. The van der Waals surface area contributed by atoms with Gasteiger partial charge < -0.3 is 20.1 Å². The van der Waals surface area contributed by atoms with Crippen LogP contribution in [0.5, 0.6) is 0 Å². The summed E-state index contributed by atoms with van der Waals surface area (Å²) in [5, 5.41) is 3.77. The van der Waals surface area contributed by atoms with Gasteiger partial charge >= 0.3 is 0 Å². The van der Waals surface area contributed by atoms with Gasteiger partial charge in [0.05, 0.1) is 6.54 Å². The number of carbonyl (C=O) groups excluding carboxylic acids is 1. The van der Waals surface area contributed by atoms with Crippen LogP contribution in [0.25, 0.3) is 0 Å². The molecule has 7 heteroatoms. The molecule has 5 unspecified atom stereocenters. The average Bonchev–Trinajstić information content (AvgIpc) is 3.40. The van der Waals surface area contributed by atoms with Gasteiger partial charge in [-0.25, -0.2) is 4.99 Å². The van der Waals surface area contributed by atoms with E-state index in [1.54, 1.807) is 12.4 Å². The Morgan fingerprint density at radius 3 is 3.03 bits per heavy atom. The quantitative estimate of drug-likeness (QED) is 0.662. The number of hydrogen-bond donors (Lipinski definition) is 2. The number of ether oxygens (including phenoxy) is 2. The highest BCUT2D eigenvalue weighted by atomic mass is 16.5. The van der Waals surface area contributed by atoms with E-state index >= 15 is 0 Å². The first-order valence-corrected chi connectivity index (χ1v) is 11.5. The summed E-state index contributed by atoms with van der Waals surface area (Å²) in [7, 11) is 0.